The zero-order chi connectivity index (χ0) is 29.7. The Morgan fingerprint density at radius 3 is 2.36 bits per heavy atom. The molecule has 1 aliphatic heterocycles. The molecule has 6 unspecified atom stereocenters. The van der Waals surface area contributed by atoms with Gasteiger partial charge in [-0.2, -0.15) is 0 Å². The first kappa shape index (κ1) is 40.7. The molecule has 1 amide bonds. The first-order valence-corrected chi connectivity index (χ1v) is 14.9. The zero-order valence-corrected chi connectivity index (χ0v) is 28.3. The van der Waals surface area contributed by atoms with Crippen LogP contribution in [-0.2, 0) is 20.7 Å². The van der Waals surface area contributed by atoms with Crippen LogP contribution >= 0.6 is 24.8 Å². The molecule has 1 aliphatic rings. The lowest BCUT2D eigenvalue weighted by molar-refractivity contribution is -0.125. The number of hydrogen-bond acceptors (Lipinski definition) is 8. The molecule has 1 aromatic rings. The molecule has 246 valence electrons. The number of rotatable bonds is 18. The van der Waals surface area contributed by atoms with Crippen LogP contribution in [0.5, 0.6) is 11.5 Å². The highest BCUT2D eigenvalue weighted by Gasteiger charge is 2.27. The molecule has 1 aromatic carbocycles. The van der Waals surface area contributed by atoms with Gasteiger partial charge in [-0.3, -0.25) is 9.69 Å². The number of nitrogens with zero attached hydrogens (tertiary/aromatic N) is 1. The smallest absolute Gasteiger partial charge is 0.222 e. The molecule has 1 fully saturated rings. The molecule has 0 radical (unpaired) electrons. The molecule has 9 nitrogen and oxygen atoms in total. The number of carbonyl (C=O) groups is 1. The maximum absolute atomic E-state index is 12.7. The quantitative estimate of drug-likeness (QED) is 0.206. The lowest BCUT2D eigenvalue weighted by Gasteiger charge is -2.35. The highest BCUT2D eigenvalue weighted by molar-refractivity contribution is 5.85. The molecule has 0 spiro atoms. The van der Waals surface area contributed by atoms with Crippen molar-refractivity contribution in [1.29, 1.82) is 0 Å². The molecule has 1 saturated heterocycles. The van der Waals surface area contributed by atoms with Crippen LogP contribution in [0.1, 0.15) is 59.4 Å². The summed E-state index contributed by atoms with van der Waals surface area (Å²) in [5.41, 5.74) is 7.63. The molecule has 42 heavy (non-hydrogen) atoms. The fourth-order valence-electron chi connectivity index (χ4n) is 5.37. The van der Waals surface area contributed by atoms with Gasteiger partial charge in [0.2, 0.25) is 5.91 Å². The second-order valence-electron chi connectivity index (χ2n) is 11.8. The fraction of sp³-hybridized carbons (Fsp3) is 0.774. The third-order valence-electron chi connectivity index (χ3n) is 7.75. The minimum Gasteiger partial charge on any atom is -0.493 e. The molecule has 11 heteroatoms. The fourth-order valence-corrected chi connectivity index (χ4v) is 5.37. The molecular formula is C31H57Cl2N3O6. The van der Waals surface area contributed by atoms with E-state index in [1.807, 2.05) is 19.1 Å². The van der Waals surface area contributed by atoms with Gasteiger partial charge in [0.05, 0.1) is 32.0 Å². The molecule has 1 heterocycles. The van der Waals surface area contributed by atoms with Crippen molar-refractivity contribution in [3.05, 3.63) is 23.8 Å². The Morgan fingerprint density at radius 1 is 1.10 bits per heavy atom. The number of amides is 1. The van der Waals surface area contributed by atoms with Gasteiger partial charge in [0.15, 0.2) is 11.5 Å². The van der Waals surface area contributed by atoms with Gasteiger partial charge in [0.25, 0.3) is 0 Å². The van der Waals surface area contributed by atoms with Gasteiger partial charge in [-0.25, -0.2) is 0 Å². The van der Waals surface area contributed by atoms with E-state index >= 15 is 0 Å². The lowest BCUT2D eigenvalue weighted by atomic mass is 9.82. The van der Waals surface area contributed by atoms with Crippen molar-refractivity contribution < 1.29 is 28.8 Å². The number of carbonyl (C=O) groups excluding carboxylic acids is 1. The molecule has 0 saturated carbocycles. The van der Waals surface area contributed by atoms with Crippen molar-refractivity contribution in [1.82, 2.24) is 10.2 Å². The molecule has 2 rings (SSSR count). The Labute approximate surface area is 266 Å². The number of aliphatic hydroxyl groups excluding tert-OH is 1. The van der Waals surface area contributed by atoms with Gasteiger partial charge in [-0.05, 0) is 62.6 Å². The second kappa shape index (κ2) is 21.4. The van der Waals surface area contributed by atoms with Crippen molar-refractivity contribution in [2.75, 3.05) is 53.6 Å². The number of ether oxygens (including phenoxy) is 4. The number of nitrogens with one attached hydrogen (secondary N) is 1. The maximum Gasteiger partial charge on any atom is 0.222 e. The Bertz CT molecular complexity index is 871. The van der Waals surface area contributed by atoms with E-state index in [-0.39, 0.29) is 54.8 Å². The van der Waals surface area contributed by atoms with Crippen LogP contribution in [0, 0.1) is 17.8 Å². The van der Waals surface area contributed by atoms with Crippen molar-refractivity contribution in [2.24, 2.45) is 23.5 Å². The van der Waals surface area contributed by atoms with Crippen LogP contribution < -0.4 is 20.5 Å². The van der Waals surface area contributed by atoms with Gasteiger partial charge in [0, 0.05) is 58.3 Å². The van der Waals surface area contributed by atoms with Crippen LogP contribution in [0.2, 0.25) is 0 Å². The van der Waals surface area contributed by atoms with Crippen LogP contribution in [0.15, 0.2) is 18.2 Å². The summed E-state index contributed by atoms with van der Waals surface area (Å²) in [6.07, 6.45) is 2.27. The number of halogens is 2. The van der Waals surface area contributed by atoms with Gasteiger partial charge >= 0.3 is 0 Å². The third kappa shape index (κ3) is 14.4. The van der Waals surface area contributed by atoms with Crippen LogP contribution in [-0.4, -0.2) is 93.9 Å². The van der Waals surface area contributed by atoms with Crippen LogP contribution in [0.3, 0.4) is 0 Å². The number of hydrogen-bond donors (Lipinski definition) is 3. The van der Waals surface area contributed by atoms with Crippen molar-refractivity contribution >= 4 is 30.7 Å². The van der Waals surface area contributed by atoms with E-state index in [0.717, 1.165) is 43.8 Å². The SMILES string of the molecule is COCCCOc1cc(CC(CC(N)C(O)CC(C)C(=O)NCCN2CC(C)OC(C)C2)C(C)C)ccc1OC.Cl.Cl. The molecule has 0 aromatic heterocycles. The van der Waals surface area contributed by atoms with Crippen molar-refractivity contribution in [3.63, 3.8) is 0 Å². The zero-order valence-electron chi connectivity index (χ0n) is 26.7. The van der Waals surface area contributed by atoms with E-state index in [0.29, 0.717) is 44.3 Å². The Hall–Kier alpha value is -1.33. The topological polar surface area (TPSA) is 116 Å². The van der Waals surface area contributed by atoms with Crippen LogP contribution in [0.4, 0.5) is 0 Å². The first-order chi connectivity index (χ1) is 19.0. The number of aliphatic hydroxyl groups is 1. The first-order valence-electron chi connectivity index (χ1n) is 14.9. The predicted molar refractivity (Wildman–Crippen MR) is 173 cm³/mol. The predicted octanol–water partition coefficient (Wildman–Crippen LogP) is 4.10. The van der Waals surface area contributed by atoms with Gasteiger partial charge in [0.1, 0.15) is 0 Å². The summed E-state index contributed by atoms with van der Waals surface area (Å²) >= 11 is 0. The Kier molecular flexibility index (Phi) is 20.7. The summed E-state index contributed by atoms with van der Waals surface area (Å²) in [6.45, 7) is 14.7. The van der Waals surface area contributed by atoms with E-state index in [4.69, 9.17) is 24.7 Å². The third-order valence-corrected chi connectivity index (χ3v) is 7.75. The van der Waals surface area contributed by atoms with Crippen LogP contribution in [0.25, 0.3) is 0 Å². The van der Waals surface area contributed by atoms with E-state index in [9.17, 15) is 9.90 Å². The molecule has 6 atom stereocenters. The number of benzene rings is 1. The van der Waals surface area contributed by atoms with E-state index in [1.165, 1.54) is 0 Å². The Balaban J connectivity index is 0.00000840. The second-order valence-corrected chi connectivity index (χ2v) is 11.8. The monoisotopic (exact) mass is 637 g/mol. The summed E-state index contributed by atoms with van der Waals surface area (Å²) in [7, 11) is 3.32. The average Bonchev–Trinajstić information content (AvgIpc) is 2.90. The lowest BCUT2D eigenvalue weighted by Crippen LogP contribution is -2.48. The van der Waals surface area contributed by atoms with Crippen molar-refractivity contribution in [2.45, 2.75) is 84.7 Å². The summed E-state index contributed by atoms with van der Waals surface area (Å²) in [5.74, 6) is 1.70. The van der Waals surface area contributed by atoms with Crippen molar-refractivity contribution in [3.8, 4) is 11.5 Å². The highest BCUT2D eigenvalue weighted by atomic mass is 35.5. The average molecular weight is 639 g/mol. The van der Waals surface area contributed by atoms with E-state index in [2.05, 4.69) is 44.0 Å². The maximum atomic E-state index is 12.7. The summed E-state index contributed by atoms with van der Waals surface area (Å²) in [4.78, 5) is 15.0. The van der Waals surface area contributed by atoms with Gasteiger partial charge in [-0.1, -0.05) is 26.8 Å². The van der Waals surface area contributed by atoms with E-state index in [1.54, 1.807) is 14.2 Å². The minimum atomic E-state index is -0.751. The van der Waals surface area contributed by atoms with Gasteiger partial charge < -0.3 is 35.1 Å². The number of methoxy groups -OCH3 is 2. The van der Waals surface area contributed by atoms with Gasteiger partial charge in [-0.15, -0.1) is 24.8 Å². The Morgan fingerprint density at radius 2 is 1.76 bits per heavy atom. The standard InChI is InChI=1S/C31H55N3O6.2ClH/c1-21(2)26(16-25-9-10-29(38-7)30(17-25)39-14-8-13-37-6)18-27(32)28(35)15-22(3)31(36)33-11-12-34-19-23(4)40-24(5)20-34;;/h9-10,17,21-24,26-28,35H,8,11-16,18-20,32H2,1-7H3,(H,33,36);2*1H. The summed E-state index contributed by atoms with van der Waals surface area (Å²) in [5, 5.41) is 13.9. The highest BCUT2D eigenvalue weighted by Crippen LogP contribution is 2.31. The number of nitrogens with two attached hydrogens (primary N) is 1. The largest absolute Gasteiger partial charge is 0.493 e. The minimum absolute atomic E-state index is 0. The molecule has 0 aliphatic carbocycles. The molecular weight excluding hydrogens is 581 g/mol. The number of morpholine rings is 1. The van der Waals surface area contributed by atoms with E-state index < -0.39 is 12.1 Å². The normalized spacial score (nSPS) is 20.0. The summed E-state index contributed by atoms with van der Waals surface area (Å²) < 4.78 is 22.3. The molecule has 0 bridgehead atoms. The molecule has 4 N–H and O–H groups in total. The summed E-state index contributed by atoms with van der Waals surface area (Å²) in [6, 6.07) is 5.62.